The lowest BCUT2D eigenvalue weighted by Crippen LogP contribution is -2.30. The highest BCUT2D eigenvalue weighted by Crippen LogP contribution is 2.23. The number of amides is 2. The van der Waals surface area contributed by atoms with Crippen LogP contribution in [0.1, 0.15) is 27.9 Å². The predicted molar refractivity (Wildman–Crippen MR) is 155 cm³/mol. The van der Waals surface area contributed by atoms with E-state index in [1.165, 1.54) is 32.4 Å². The van der Waals surface area contributed by atoms with Crippen LogP contribution in [0.3, 0.4) is 0 Å². The number of carbonyl (C=O) groups excluding carboxylic acids is 2. The lowest BCUT2D eigenvalue weighted by Gasteiger charge is -2.14. The van der Waals surface area contributed by atoms with Gasteiger partial charge < -0.3 is 19.5 Å². The fraction of sp³-hybridized carbons (Fsp3) is 0.233. The highest BCUT2D eigenvalue weighted by Gasteiger charge is 2.19. The molecular formula is C30H32N4O7S. The molecule has 1 heterocycles. The summed E-state index contributed by atoms with van der Waals surface area (Å²) in [5, 5.41) is 7.05. The Hall–Kier alpha value is -4.84. The number of hydrogen-bond donors (Lipinski definition) is 2. The van der Waals surface area contributed by atoms with Crippen LogP contribution >= 0.6 is 0 Å². The summed E-state index contributed by atoms with van der Waals surface area (Å²) in [6.45, 7) is 0.915. The van der Waals surface area contributed by atoms with Gasteiger partial charge in [0.2, 0.25) is 5.91 Å². The molecule has 4 aromatic rings. The average Bonchev–Trinajstić information content (AvgIpc) is 3.51. The quantitative estimate of drug-likeness (QED) is 0.213. The number of rotatable bonds is 14. The van der Waals surface area contributed by atoms with Gasteiger partial charge in [-0.05, 0) is 60.0 Å². The summed E-state index contributed by atoms with van der Waals surface area (Å²) >= 11 is 0. The van der Waals surface area contributed by atoms with Crippen LogP contribution in [0.4, 0.5) is 0 Å². The van der Waals surface area contributed by atoms with Gasteiger partial charge >= 0.3 is 0 Å². The standard InChI is InChI=1S/C30H32N4O7S/c1-39-25-7-3-6-24(19-25)30(36)31-15-17-41-28-18-22(21-34-16-5-14-32-34)10-11-23(28)12-13-29(35)33-42(37,38)27-9-4-8-26(20-27)40-2/h3-11,14,16,18-20H,12-13,15,17,21H2,1-2H3,(H,31,36)(H,33,35). The largest absolute Gasteiger partial charge is 0.497 e. The molecule has 0 aliphatic carbocycles. The Balaban J connectivity index is 1.39. The van der Waals surface area contributed by atoms with E-state index in [2.05, 4.69) is 15.1 Å². The van der Waals surface area contributed by atoms with E-state index in [1.807, 2.05) is 30.5 Å². The molecule has 0 aliphatic heterocycles. The number of ether oxygens (including phenoxy) is 3. The molecule has 0 spiro atoms. The van der Waals surface area contributed by atoms with Gasteiger partial charge in [-0.25, -0.2) is 13.1 Å². The number of benzene rings is 3. The van der Waals surface area contributed by atoms with Gasteiger partial charge in [-0.3, -0.25) is 14.3 Å². The molecule has 12 heteroatoms. The van der Waals surface area contributed by atoms with Crippen molar-refractivity contribution in [2.75, 3.05) is 27.4 Å². The van der Waals surface area contributed by atoms with Crippen molar-refractivity contribution >= 4 is 21.8 Å². The normalized spacial score (nSPS) is 11.0. The maximum absolute atomic E-state index is 12.7. The van der Waals surface area contributed by atoms with Gasteiger partial charge in [0.15, 0.2) is 0 Å². The van der Waals surface area contributed by atoms with E-state index in [1.54, 1.807) is 41.2 Å². The summed E-state index contributed by atoms with van der Waals surface area (Å²) in [4.78, 5) is 25.1. The van der Waals surface area contributed by atoms with Gasteiger partial charge in [0.05, 0.1) is 32.2 Å². The number of aromatic nitrogens is 2. The van der Waals surface area contributed by atoms with Crippen LogP contribution in [0.2, 0.25) is 0 Å². The number of sulfonamides is 1. The van der Waals surface area contributed by atoms with Crippen molar-refractivity contribution in [3.63, 3.8) is 0 Å². The third-order valence-electron chi connectivity index (χ3n) is 6.23. The Labute approximate surface area is 244 Å². The number of carbonyl (C=O) groups is 2. The topological polar surface area (TPSA) is 138 Å². The minimum Gasteiger partial charge on any atom is -0.497 e. The Morgan fingerprint density at radius 1 is 0.929 bits per heavy atom. The first-order valence-electron chi connectivity index (χ1n) is 13.1. The number of nitrogens with one attached hydrogen (secondary N) is 2. The van der Waals surface area contributed by atoms with Gasteiger partial charge in [0.1, 0.15) is 23.9 Å². The highest BCUT2D eigenvalue weighted by molar-refractivity contribution is 7.90. The van der Waals surface area contributed by atoms with Crippen LogP contribution in [0, 0.1) is 0 Å². The van der Waals surface area contributed by atoms with Crippen LogP contribution in [0.25, 0.3) is 0 Å². The number of methoxy groups -OCH3 is 2. The summed E-state index contributed by atoms with van der Waals surface area (Å²) in [6, 6.07) is 20.1. The molecule has 0 unspecified atom stereocenters. The van der Waals surface area contributed by atoms with E-state index in [-0.39, 0.29) is 36.8 Å². The molecule has 0 aliphatic rings. The van der Waals surface area contributed by atoms with E-state index < -0.39 is 15.9 Å². The first-order chi connectivity index (χ1) is 20.3. The van der Waals surface area contributed by atoms with Crippen molar-refractivity contribution in [3.8, 4) is 17.2 Å². The summed E-state index contributed by atoms with van der Waals surface area (Å²) < 4.78 is 45.5. The van der Waals surface area contributed by atoms with E-state index in [0.29, 0.717) is 34.9 Å². The van der Waals surface area contributed by atoms with Crippen LogP contribution < -0.4 is 24.2 Å². The number of aryl methyl sites for hydroxylation is 1. The molecule has 11 nitrogen and oxygen atoms in total. The zero-order valence-corrected chi connectivity index (χ0v) is 24.1. The Bertz CT molecular complexity index is 1620. The monoisotopic (exact) mass is 592 g/mol. The lowest BCUT2D eigenvalue weighted by atomic mass is 10.1. The molecule has 0 fully saturated rings. The second kappa shape index (κ2) is 14.2. The third-order valence-corrected chi connectivity index (χ3v) is 7.60. The molecule has 2 amide bonds. The molecule has 4 rings (SSSR count). The first-order valence-corrected chi connectivity index (χ1v) is 14.6. The number of nitrogens with zero attached hydrogens (tertiary/aromatic N) is 2. The smallest absolute Gasteiger partial charge is 0.264 e. The van der Waals surface area contributed by atoms with Crippen LogP contribution in [0.15, 0.2) is 90.1 Å². The maximum Gasteiger partial charge on any atom is 0.264 e. The van der Waals surface area contributed by atoms with Gasteiger partial charge in [0, 0.05) is 30.4 Å². The molecule has 0 bridgehead atoms. The van der Waals surface area contributed by atoms with Crippen LogP contribution in [-0.2, 0) is 27.8 Å². The molecule has 42 heavy (non-hydrogen) atoms. The Kier molecular flexibility index (Phi) is 10.2. The second-order valence-electron chi connectivity index (χ2n) is 9.19. The average molecular weight is 593 g/mol. The van der Waals surface area contributed by atoms with Crippen LogP contribution in [-0.4, -0.2) is 57.4 Å². The van der Waals surface area contributed by atoms with E-state index in [0.717, 1.165) is 5.56 Å². The SMILES string of the molecule is COc1cccc(C(=O)NCCOc2cc(Cn3cccn3)ccc2CCC(=O)NS(=O)(=O)c2cccc(OC)c2)c1. The fourth-order valence-corrected chi connectivity index (χ4v) is 5.14. The summed E-state index contributed by atoms with van der Waals surface area (Å²) in [5.41, 5.74) is 2.10. The molecule has 0 saturated heterocycles. The van der Waals surface area contributed by atoms with Crippen LogP contribution in [0.5, 0.6) is 17.2 Å². The van der Waals surface area contributed by atoms with E-state index in [9.17, 15) is 18.0 Å². The molecule has 1 aromatic heterocycles. The first kappa shape index (κ1) is 30.1. The van der Waals surface area contributed by atoms with Crippen molar-refractivity contribution in [1.29, 1.82) is 0 Å². The highest BCUT2D eigenvalue weighted by atomic mass is 32.2. The Morgan fingerprint density at radius 2 is 1.69 bits per heavy atom. The molecule has 0 saturated carbocycles. The zero-order chi connectivity index (χ0) is 30.0. The van der Waals surface area contributed by atoms with Gasteiger partial charge in [0.25, 0.3) is 15.9 Å². The van der Waals surface area contributed by atoms with E-state index in [4.69, 9.17) is 14.2 Å². The summed E-state index contributed by atoms with van der Waals surface area (Å²) in [5.74, 6) is 0.549. The summed E-state index contributed by atoms with van der Waals surface area (Å²) in [7, 11) is -1.10. The van der Waals surface area contributed by atoms with Crippen molar-refractivity contribution in [2.45, 2.75) is 24.3 Å². The van der Waals surface area contributed by atoms with Gasteiger partial charge in [-0.1, -0.05) is 24.3 Å². The molecule has 2 N–H and O–H groups in total. The van der Waals surface area contributed by atoms with Crippen molar-refractivity contribution in [2.24, 2.45) is 0 Å². The van der Waals surface area contributed by atoms with Gasteiger partial charge in [-0.15, -0.1) is 0 Å². The Morgan fingerprint density at radius 3 is 2.43 bits per heavy atom. The van der Waals surface area contributed by atoms with E-state index >= 15 is 0 Å². The summed E-state index contributed by atoms with van der Waals surface area (Å²) in [6.07, 6.45) is 3.67. The number of hydrogen-bond acceptors (Lipinski definition) is 8. The minimum atomic E-state index is -4.06. The van der Waals surface area contributed by atoms with Crippen molar-refractivity contribution in [3.05, 3.63) is 102 Å². The molecule has 0 atom stereocenters. The molecule has 0 radical (unpaired) electrons. The fourth-order valence-electron chi connectivity index (χ4n) is 4.09. The minimum absolute atomic E-state index is 0.0711. The zero-order valence-electron chi connectivity index (χ0n) is 23.3. The molecule has 220 valence electrons. The second-order valence-corrected chi connectivity index (χ2v) is 10.9. The predicted octanol–water partition coefficient (Wildman–Crippen LogP) is 3.20. The van der Waals surface area contributed by atoms with Gasteiger partial charge in [-0.2, -0.15) is 5.10 Å². The molecular weight excluding hydrogens is 560 g/mol. The van der Waals surface area contributed by atoms with Crippen molar-refractivity contribution < 1.29 is 32.2 Å². The maximum atomic E-state index is 12.7. The lowest BCUT2D eigenvalue weighted by molar-refractivity contribution is -0.119. The molecule has 3 aromatic carbocycles. The third kappa shape index (κ3) is 8.33. The van der Waals surface area contributed by atoms with Crippen molar-refractivity contribution in [1.82, 2.24) is 19.8 Å².